The molecule has 0 atom stereocenters. The normalized spacial score (nSPS) is 18.1. The molecule has 0 bridgehead atoms. The second-order valence-electron chi connectivity index (χ2n) is 8.68. The number of carbonyl (C=O) groups excluding carboxylic acids is 1. The van der Waals surface area contributed by atoms with Gasteiger partial charge in [0.05, 0.1) is 45.8 Å². The van der Waals surface area contributed by atoms with Crippen molar-refractivity contribution in [3.63, 3.8) is 0 Å². The Hall–Kier alpha value is -3.88. The van der Waals surface area contributed by atoms with E-state index in [0.717, 1.165) is 28.4 Å². The molecule has 1 amide bonds. The first-order valence-electron chi connectivity index (χ1n) is 12.0. The van der Waals surface area contributed by atoms with Crippen LogP contribution in [0.2, 0.25) is 0 Å². The van der Waals surface area contributed by atoms with Gasteiger partial charge in [-0.3, -0.25) is 9.69 Å². The minimum atomic E-state index is -4.58. The number of alkyl halides is 3. The Morgan fingerprint density at radius 3 is 2.51 bits per heavy atom. The minimum absolute atomic E-state index is 0.0358. The van der Waals surface area contributed by atoms with Crippen molar-refractivity contribution in [2.24, 2.45) is 4.99 Å². The van der Waals surface area contributed by atoms with Crippen LogP contribution in [-0.4, -0.2) is 29.6 Å². The highest BCUT2D eigenvalue weighted by molar-refractivity contribution is 8.19. The van der Waals surface area contributed by atoms with Crippen molar-refractivity contribution in [1.29, 1.82) is 5.26 Å². The molecule has 0 aromatic heterocycles. The molecule has 1 fully saturated rings. The molecule has 6 nitrogen and oxygen atoms in total. The average Bonchev–Trinajstić information content (AvgIpc) is 3.41. The monoisotopic (exact) mass is 565 g/mol. The van der Waals surface area contributed by atoms with E-state index in [1.165, 1.54) is 34.9 Å². The zero-order chi connectivity index (χ0) is 27.7. The highest BCUT2D eigenvalue weighted by Crippen LogP contribution is 2.50. The van der Waals surface area contributed by atoms with Gasteiger partial charge in [-0.25, -0.2) is 4.99 Å². The molecule has 2 aliphatic rings. The number of para-hydroxylation sites is 1. The summed E-state index contributed by atoms with van der Waals surface area (Å²) in [6.07, 6.45) is -4.58. The van der Waals surface area contributed by atoms with E-state index < -0.39 is 17.6 Å². The number of thioether (sulfide) groups is 2. The number of carbonyl (C=O) groups is 1. The maximum Gasteiger partial charge on any atom is 0.416 e. The summed E-state index contributed by atoms with van der Waals surface area (Å²) in [5, 5.41) is 13.5. The Kier molecular flexibility index (Phi) is 7.34. The summed E-state index contributed by atoms with van der Waals surface area (Å²) in [6, 6.07) is 20.0. The van der Waals surface area contributed by atoms with Crippen molar-refractivity contribution in [1.82, 2.24) is 4.90 Å². The second-order valence-corrected chi connectivity index (χ2v) is 10.7. The van der Waals surface area contributed by atoms with Gasteiger partial charge in [0.1, 0.15) is 4.91 Å². The molecule has 39 heavy (non-hydrogen) atoms. The third kappa shape index (κ3) is 5.22. The Morgan fingerprint density at radius 1 is 1.05 bits per heavy atom. The smallest absolute Gasteiger partial charge is 0.384 e. The maximum absolute atomic E-state index is 13.9. The van der Waals surface area contributed by atoms with Gasteiger partial charge in [-0.2, -0.15) is 18.4 Å². The number of amides is 1. The number of benzene rings is 3. The topological polar surface area (TPSA) is 71.7 Å². The van der Waals surface area contributed by atoms with Crippen molar-refractivity contribution < 1.29 is 18.0 Å². The lowest BCUT2D eigenvalue weighted by atomic mass is 10.1. The third-order valence-corrected chi connectivity index (χ3v) is 8.59. The molecule has 2 aliphatic heterocycles. The molecule has 11 heteroatoms. The van der Waals surface area contributed by atoms with Crippen molar-refractivity contribution in [3.05, 3.63) is 93.4 Å². The lowest BCUT2D eigenvalue weighted by molar-refractivity contribution is -0.138. The van der Waals surface area contributed by atoms with Gasteiger partial charge in [0, 0.05) is 18.5 Å². The zero-order valence-corrected chi connectivity index (χ0v) is 22.5. The molecular weight excluding hydrogens is 543 g/mol. The number of nitrogens with zero attached hydrogens (tertiary/aromatic N) is 4. The molecule has 2 heterocycles. The Morgan fingerprint density at radius 2 is 1.79 bits per heavy atom. The second kappa shape index (κ2) is 10.7. The fraction of sp³-hybridized carbons (Fsp3) is 0.179. The van der Waals surface area contributed by atoms with Crippen LogP contribution in [0.1, 0.15) is 23.6 Å². The summed E-state index contributed by atoms with van der Waals surface area (Å²) in [7, 11) is 1.85. The number of fused-ring (bicyclic) bond motifs is 1. The number of hydrogen-bond acceptors (Lipinski definition) is 7. The molecule has 0 radical (unpaired) electrons. The van der Waals surface area contributed by atoms with Crippen molar-refractivity contribution in [2.45, 2.75) is 24.5 Å². The number of anilines is 2. The van der Waals surface area contributed by atoms with Gasteiger partial charge < -0.3 is 10.2 Å². The third-order valence-electron chi connectivity index (χ3n) is 6.16. The summed E-state index contributed by atoms with van der Waals surface area (Å²) in [5.74, 6) is -0.431. The predicted octanol–water partition coefficient (Wildman–Crippen LogP) is 7.18. The minimum Gasteiger partial charge on any atom is -0.384 e. The number of nitriles is 1. The quantitative estimate of drug-likeness (QED) is 0.331. The summed E-state index contributed by atoms with van der Waals surface area (Å²) in [6.45, 7) is 2.19. The van der Waals surface area contributed by atoms with Gasteiger partial charge in [-0.1, -0.05) is 42.1 Å². The van der Waals surface area contributed by atoms with E-state index in [-0.39, 0.29) is 17.3 Å². The van der Waals surface area contributed by atoms with Crippen LogP contribution >= 0.6 is 23.5 Å². The van der Waals surface area contributed by atoms with Crippen LogP contribution in [0.3, 0.4) is 0 Å². The lowest BCUT2D eigenvalue weighted by Crippen LogP contribution is -2.30. The fourth-order valence-corrected chi connectivity index (χ4v) is 6.64. The summed E-state index contributed by atoms with van der Waals surface area (Å²) < 4.78 is 41.4. The predicted molar refractivity (Wildman–Crippen MR) is 150 cm³/mol. The number of aliphatic imine (C=N–C) groups is 1. The number of nitrogens with one attached hydrogen (secondary N) is 1. The average molecular weight is 566 g/mol. The molecule has 5 rings (SSSR count). The van der Waals surface area contributed by atoms with Crippen LogP contribution in [0.25, 0.3) is 0 Å². The van der Waals surface area contributed by atoms with Gasteiger partial charge in [-0.05, 0) is 60.6 Å². The van der Waals surface area contributed by atoms with Gasteiger partial charge in [0.15, 0.2) is 5.17 Å². The molecule has 3 aromatic rings. The molecule has 1 saturated heterocycles. The SMILES string of the molecule is CCNc1ccc(C#N)cc1N=C1SC(=C2Sc3ccccc3N2C)C(=O)N1Cc1ccccc1C(F)(F)F. The van der Waals surface area contributed by atoms with Gasteiger partial charge in [0.2, 0.25) is 0 Å². The zero-order valence-electron chi connectivity index (χ0n) is 20.9. The first-order chi connectivity index (χ1) is 18.7. The highest BCUT2D eigenvalue weighted by atomic mass is 32.2. The first kappa shape index (κ1) is 26.7. The highest BCUT2D eigenvalue weighted by Gasteiger charge is 2.41. The van der Waals surface area contributed by atoms with Crippen LogP contribution in [-0.2, 0) is 17.5 Å². The van der Waals surface area contributed by atoms with Crippen LogP contribution in [0.15, 0.2) is 86.6 Å². The van der Waals surface area contributed by atoms with E-state index in [9.17, 15) is 23.2 Å². The summed E-state index contributed by atoms with van der Waals surface area (Å²) >= 11 is 2.55. The van der Waals surface area contributed by atoms with Crippen LogP contribution in [0, 0.1) is 11.3 Å². The molecule has 198 valence electrons. The Balaban J connectivity index is 1.63. The van der Waals surface area contributed by atoms with Gasteiger partial charge in [-0.15, -0.1) is 0 Å². The lowest BCUT2D eigenvalue weighted by Gasteiger charge is -2.20. The fourth-order valence-electron chi connectivity index (χ4n) is 4.30. The largest absolute Gasteiger partial charge is 0.416 e. The molecule has 0 unspecified atom stereocenters. The van der Waals surface area contributed by atoms with Crippen molar-refractivity contribution in [3.8, 4) is 6.07 Å². The number of rotatable bonds is 5. The first-order valence-corrected chi connectivity index (χ1v) is 13.6. The number of amidine groups is 1. The van der Waals surface area contributed by atoms with Crippen LogP contribution < -0.4 is 10.2 Å². The summed E-state index contributed by atoms with van der Waals surface area (Å²) in [5.41, 5.74) is 1.54. The summed E-state index contributed by atoms with van der Waals surface area (Å²) in [4.78, 5) is 23.1. The Labute approximate surface area is 232 Å². The van der Waals surface area contributed by atoms with E-state index in [1.807, 2.05) is 43.1 Å². The standard InChI is InChI=1S/C28H22F3N5OS2/c1-3-33-20-13-12-17(15-32)14-21(20)34-27-36(16-18-8-4-5-9-19(18)28(29,30)31)25(37)24(39-27)26-35(2)22-10-6-7-11-23(22)38-26/h4-14,33H,3,16H2,1-2H3. The molecule has 0 saturated carbocycles. The van der Waals surface area contributed by atoms with Crippen molar-refractivity contribution >= 4 is 51.7 Å². The number of halogens is 3. The van der Waals surface area contributed by atoms with E-state index >= 15 is 0 Å². The molecule has 0 spiro atoms. The maximum atomic E-state index is 13.9. The molecule has 0 aliphatic carbocycles. The van der Waals surface area contributed by atoms with Crippen LogP contribution in [0.5, 0.6) is 0 Å². The van der Waals surface area contributed by atoms with E-state index in [1.54, 1.807) is 18.2 Å². The van der Waals surface area contributed by atoms with Gasteiger partial charge >= 0.3 is 6.18 Å². The van der Waals surface area contributed by atoms with E-state index in [0.29, 0.717) is 33.4 Å². The molecule has 3 aromatic carbocycles. The number of hydrogen-bond donors (Lipinski definition) is 1. The van der Waals surface area contributed by atoms with E-state index in [2.05, 4.69) is 11.4 Å². The van der Waals surface area contributed by atoms with E-state index in [4.69, 9.17) is 4.99 Å². The van der Waals surface area contributed by atoms with Gasteiger partial charge in [0.25, 0.3) is 5.91 Å². The Bertz CT molecular complexity index is 1560. The van der Waals surface area contributed by atoms with Crippen molar-refractivity contribution in [2.75, 3.05) is 23.8 Å². The molecular formula is C28H22F3N5OS2. The van der Waals surface area contributed by atoms with Crippen LogP contribution in [0.4, 0.5) is 30.2 Å². The molecule has 1 N–H and O–H groups in total.